The van der Waals surface area contributed by atoms with Crippen LogP contribution in [0.3, 0.4) is 0 Å². The smallest absolute Gasteiger partial charge is 0.244 e. The Balaban J connectivity index is 2.54. The summed E-state index contributed by atoms with van der Waals surface area (Å²) in [6, 6.07) is 3.38. The quantitative estimate of drug-likeness (QED) is 0.613. The first-order valence-electron chi connectivity index (χ1n) is 8.30. The Bertz CT molecular complexity index is 613. The van der Waals surface area contributed by atoms with Crippen molar-refractivity contribution in [2.75, 3.05) is 46.5 Å². The van der Waals surface area contributed by atoms with E-state index in [2.05, 4.69) is 23.5 Å². The lowest BCUT2D eigenvalue weighted by Crippen LogP contribution is -2.30. The fraction of sp³-hybridized carbons (Fsp3) is 0.647. The fourth-order valence-electron chi connectivity index (χ4n) is 2.29. The van der Waals surface area contributed by atoms with Gasteiger partial charge in [-0.15, -0.1) is 0 Å². The molecule has 1 aromatic carbocycles. The third-order valence-corrected chi connectivity index (χ3v) is 5.54. The average molecular weight is 359 g/mol. The van der Waals surface area contributed by atoms with Gasteiger partial charge < -0.3 is 14.4 Å². The number of nitrogens with zero attached hydrogens (tertiary/aromatic N) is 1. The molecular weight excluding hydrogens is 328 g/mol. The van der Waals surface area contributed by atoms with E-state index >= 15 is 0 Å². The van der Waals surface area contributed by atoms with Crippen LogP contribution in [0.2, 0.25) is 0 Å². The van der Waals surface area contributed by atoms with Gasteiger partial charge in [-0.3, -0.25) is 0 Å². The minimum Gasteiger partial charge on any atom is -0.495 e. The number of likely N-dealkylation sites (N-methyl/N-ethyl adjacent to an activating group) is 1. The third-order valence-electron chi connectivity index (χ3n) is 4.05. The van der Waals surface area contributed by atoms with Gasteiger partial charge in [0.15, 0.2) is 0 Å². The molecule has 1 N–H and O–H groups in total. The topological polar surface area (TPSA) is 67.9 Å². The van der Waals surface area contributed by atoms with Gasteiger partial charge in [0, 0.05) is 13.1 Å². The van der Waals surface area contributed by atoms with Gasteiger partial charge in [-0.05, 0) is 50.2 Å². The first kappa shape index (κ1) is 20.9. The van der Waals surface area contributed by atoms with E-state index in [1.165, 1.54) is 7.11 Å². The molecule has 0 radical (unpaired) electrons. The number of nitrogens with one attached hydrogen (secondary N) is 1. The molecule has 6 nitrogen and oxygen atoms in total. The van der Waals surface area contributed by atoms with Crippen molar-refractivity contribution in [3.8, 4) is 5.75 Å². The van der Waals surface area contributed by atoms with E-state index in [9.17, 15) is 8.42 Å². The van der Waals surface area contributed by atoms with Gasteiger partial charge >= 0.3 is 0 Å². The number of rotatable bonds is 11. The number of methoxy groups -OCH3 is 1. The predicted octanol–water partition coefficient (Wildman–Crippen LogP) is 1.95. The van der Waals surface area contributed by atoms with Crippen LogP contribution in [0.5, 0.6) is 5.75 Å². The minimum atomic E-state index is -3.62. The molecule has 0 bridgehead atoms. The van der Waals surface area contributed by atoms with Gasteiger partial charge in [0.05, 0.1) is 20.3 Å². The number of sulfonamides is 1. The molecule has 7 heteroatoms. The molecular formula is C17H30N2O4S. The first-order valence-corrected chi connectivity index (χ1v) is 9.79. The summed E-state index contributed by atoms with van der Waals surface area (Å²) < 4.78 is 38.2. The Hall–Kier alpha value is -1.15. The Morgan fingerprint density at radius 1 is 1.08 bits per heavy atom. The lowest BCUT2D eigenvalue weighted by molar-refractivity contribution is 0.111. The van der Waals surface area contributed by atoms with Crippen molar-refractivity contribution in [1.29, 1.82) is 0 Å². The largest absolute Gasteiger partial charge is 0.495 e. The Morgan fingerprint density at radius 2 is 1.71 bits per heavy atom. The Labute approximate surface area is 146 Å². The van der Waals surface area contributed by atoms with Crippen LogP contribution in [0.15, 0.2) is 17.0 Å². The third kappa shape index (κ3) is 6.05. The molecule has 0 fully saturated rings. The lowest BCUT2D eigenvalue weighted by Gasteiger charge is -2.17. The Morgan fingerprint density at radius 3 is 2.29 bits per heavy atom. The van der Waals surface area contributed by atoms with Crippen LogP contribution >= 0.6 is 0 Å². The van der Waals surface area contributed by atoms with Crippen LogP contribution in [0.1, 0.15) is 25.0 Å². The van der Waals surface area contributed by atoms with Crippen LogP contribution in [0.25, 0.3) is 0 Å². The summed E-state index contributed by atoms with van der Waals surface area (Å²) in [5.74, 6) is 0.355. The summed E-state index contributed by atoms with van der Waals surface area (Å²) >= 11 is 0. The summed E-state index contributed by atoms with van der Waals surface area (Å²) in [7, 11) is -2.15. The molecule has 0 unspecified atom stereocenters. The molecule has 1 rings (SSSR count). The van der Waals surface area contributed by atoms with Crippen molar-refractivity contribution in [2.45, 2.75) is 32.6 Å². The van der Waals surface area contributed by atoms with E-state index in [0.717, 1.165) is 30.8 Å². The second kappa shape index (κ2) is 9.98. The van der Waals surface area contributed by atoms with Gasteiger partial charge in [0.1, 0.15) is 10.6 Å². The number of hydrogen-bond acceptors (Lipinski definition) is 5. The van der Waals surface area contributed by atoms with E-state index in [1.807, 2.05) is 13.8 Å². The maximum Gasteiger partial charge on any atom is 0.244 e. The molecule has 0 aliphatic heterocycles. The molecule has 0 aromatic heterocycles. The Kier molecular flexibility index (Phi) is 8.69. The second-order valence-electron chi connectivity index (χ2n) is 5.62. The van der Waals surface area contributed by atoms with Gasteiger partial charge in [-0.2, -0.15) is 0 Å². The van der Waals surface area contributed by atoms with Gasteiger partial charge in [0.2, 0.25) is 10.0 Å². The van der Waals surface area contributed by atoms with Crippen LogP contribution in [0, 0.1) is 13.8 Å². The molecule has 0 atom stereocenters. The van der Waals surface area contributed by atoms with Gasteiger partial charge in [-0.25, -0.2) is 13.1 Å². The molecule has 0 saturated heterocycles. The van der Waals surface area contributed by atoms with E-state index in [0.29, 0.717) is 19.0 Å². The van der Waals surface area contributed by atoms with Gasteiger partial charge in [0.25, 0.3) is 0 Å². The number of ether oxygens (including phenoxy) is 2. The van der Waals surface area contributed by atoms with Crippen LogP contribution in [0.4, 0.5) is 0 Å². The summed E-state index contributed by atoms with van der Waals surface area (Å²) in [6.07, 6.45) is 0. The molecule has 0 aliphatic rings. The number of hydrogen-bond donors (Lipinski definition) is 1. The van der Waals surface area contributed by atoms with Crippen LogP contribution < -0.4 is 9.46 Å². The summed E-state index contributed by atoms with van der Waals surface area (Å²) in [5, 5.41) is 0. The van der Waals surface area contributed by atoms with E-state index < -0.39 is 10.0 Å². The normalized spacial score (nSPS) is 11.9. The second-order valence-corrected chi connectivity index (χ2v) is 7.36. The van der Waals surface area contributed by atoms with Crippen molar-refractivity contribution in [2.24, 2.45) is 0 Å². The zero-order valence-corrected chi connectivity index (χ0v) is 16.2. The van der Waals surface area contributed by atoms with Crippen LogP contribution in [-0.4, -0.2) is 59.8 Å². The highest BCUT2D eigenvalue weighted by molar-refractivity contribution is 7.89. The summed E-state index contributed by atoms with van der Waals surface area (Å²) in [6.45, 7) is 12.0. The first-order chi connectivity index (χ1) is 11.4. The highest BCUT2D eigenvalue weighted by atomic mass is 32.2. The monoisotopic (exact) mass is 358 g/mol. The zero-order chi connectivity index (χ0) is 18.2. The highest BCUT2D eigenvalue weighted by Gasteiger charge is 2.20. The van der Waals surface area contributed by atoms with Crippen molar-refractivity contribution in [1.82, 2.24) is 9.62 Å². The molecule has 138 valence electrons. The molecule has 1 aromatic rings. The number of aryl methyl sites for hydroxylation is 2. The van der Waals surface area contributed by atoms with Crippen molar-refractivity contribution in [3.63, 3.8) is 0 Å². The zero-order valence-electron chi connectivity index (χ0n) is 15.4. The molecule has 0 amide bonds. The maximum absolute atomic E-state index is 12.5. The van der Waals surface area contributed by atoms with E-state index in [4.69, 9.17) is 9.47 Å². The van der Waals surface area contributed by atoms with Crippen molar-refractivity contribution >= 4 is 10.0 Å². The average Bonchev–Trinajstić information content (AvgIpc) is 2.56. The molecule has 0 saturated carbocycles. The minimum absolute atomic E-state index is 0.163. The van der Waals surface area contributed by atoms with Crippen molar-refractivity contribution < 1.29 is 17.9 Å². The molecule has 0 aliphatic carbocycles. The fourth-order valence-corrected chi connectivity index (χ4v) is 3.54. The molecule has 0 spiro atoms. The summed E-state index contributed by atoms with van der Waals surface area (Å²) in [5.41, 5.74) is 1.90. The molecule has 24 heavy (non-hydrogen) atoms. The number of benzene rings is 1. The van der Waals surface area contributed by atoms with Crippen LogP contribution in [-0.2, 0) is 14.8 Å². The lowest BCUT2D eigenvalue weighted by atomic mass is 10.1. The highest BCUT2D eigenvalue weighted by Crippen LogP contribution is 2.26. The predicted molar refractivity (Wildman–Crippen MR) is 96.3 cm³/mol. The van der Waals surface area contributed by atoms with E-state index in [-0.39, 0.29) is 11.4 Å². The standard InChI is InChI=1S/C17H30N2O4S/c1-6-19(7-2)9-11-23-10-8-18-24(20,21)17-13-15(4)14(3)12-16(17)22-5/h12-13,18H,6-11H2,1-5H3. The van der Waals surface area contributed by atoms with E-state index in [1.54, 1.807) is 12.1 Å². The SMILES string of the molecule is CCN(CC)CCOCCNS(=O)(=O)c1cc(C)c(C)cc1OC. The summed E-state index contributed by atoms with van der Waals surface area (Å²) in [4.78, 5) is 2.42. The maximum atomic E-state index is 12.5. The van der Waals surface area contributed by atoms with Gasteiger partial charge in [-0.1, -0.05) is 13.8 Å². The van der Waals surface area contributed by atoms with Crippen molar-refractivity contribution in [3.05, 3.63) is 23.3 Å². The molecule has 0 heterocycles.